The number of esters is 1. The maximum atomic E-state index is 11.6. The minimum atomic E-state index is -0.479. The van der Waals surface area contributed by atoms with Gasteiger partial charge in [0, 0.05) is 5.57 Å². The van der Waals surface area contributed by atoms with Crippen LogP contribution in [0.3, 0.4) is 0 Å². The SMILES string of the molecule is CCCCCC[C@H](O)CCC[C@H](O)[C@@H]1CC[C@H]([C@@H]2CC[C@@H]([C@H](O)CCCCCCCCCCCCC3=C[C@@H](C)OC3=O)O2)O1. The summed E-state index contributed by atoms with van der Waals surface area (Å²) in [6.07, 6.45) is 25.7. The van der Waals surface area contributed by atoms with Crippen LogP contribution in [0.2, 0.25) is 0 Å². The fraction of sp³-hybridized carbons (Fsp3) is 0.919. The molecular weight excluding hydrogens is 556 g/mol. The normalized spacial score (nSPS) is 27.4. The predicted molar refractivity (Wildman–Crippen MR) is 175 cm³/mol. The van der Waals surface area contributed by atoms with Gasteiger partial charge in [-0.2, -0.15) is 0 Å². The summed E-state index contributed by atoms with van der Waals surface area (Å²) in [5, 5.41) is 31.6. The largest absolute Gasteiger partial charge is 0.455 e. The summed E-state index contributed by atoms with van der Waals surface area (Å²) in [5.41, 5.74) is 0.863. The van der Waals surface area contributed by atoms with Crippen molar-refractivity contribution in [2.45, 2.75) is 217 Å². The highest BCUT2D eigenvalue weighted by Crippen LogP contribution is 2.34. The number of unbranched alkanes of at least 4 members (excludes halogenated alkanes) is 12. The number of hydrogen-bond donors (Lipinski definition) is 3. The highest BCUT2D eigenvalue weighted by Gasteiger charge is 2.40. The Labute approximate surface area is 268 Å². The molecule has 0 amide bonds. The zero-order valence-corrected chi connectivity index (χ0v) is 28.1. The first kappa shape index (κ1) is 37.5. The molecule has 7 nitrogen and oxygen atoms in total. The molecule has 0 saturated carbocycles. The van der Waals surface area contributed by atoms with Crippen molar-refractivity contribution in [3.63, 3.8) is 0 Å². The van der Waals surface area contributed by atoms with Crippen LogP contribution in [0.5, 0.6) is 0 Å². The molecule has 256 valence electrons. The molecule has 2 saturated heterocycles. The van der Waals surface area contributed by atoms with Crippen molar-refractivity contribution in [1.82, 2.24) is 0 Å². The molecule has 0 unspecified atom stereocenters. The molecule has 0 bridgehead atoms. The molecule has 0 aromatic rings. The number of aliphatic hydroxyl groups excluding tert-OH is 3. The second-order valence-electron chi connectivity index (χ2n) is 14.0. The summed E-state index contributed by atoms with van der Waals surface area (Å²) in [6.45, 7) is 4.11. The van der Waals surface area contributed by atoms with Crippen molar-refractivity contribution in [3.8, 4) is 0 Å². The topological polar surface area (TPSA) is 105 Å². The average Bonchev–Trinajstić information content (AvgIpc) is 3.76. The van der Waals surface area contributed by atoms with Crippen LogP contribution in [0.4, 0.5) is 0 Å². The molecule has 44 heavy (non-hydrogen) atoms. The van der Waals surface area contributed by atoms with Crippen LogP contribution in [0, 0.1) is 0 Å². The molecule has 0 spiro atoms. The van der Waals surface area contributed by atoms with E-state index in [1.54, 1.807) is 0 Å². The lowest BCUT2D eigenvalue weighted by Crippen LogP contribution is -2.33. The average molecular weight is 623 g/mol. The van der Waals surface area contributed by atoms with Crippen LogP contribution in [0.1, 0.15) is 168 Å². The Balaban J connectivity index is 1.13. The smallest absolute Gasteiger partial charge is 0.334 e. The molecule has 3 rings (SSSR count). The Morgan fingerprint density at radius 2 is 1.14 bits per heavy atom. The standard InChI is InChI=1S/C37H66O7/c1-3-4-5-15-19-30(38)20-17-22-32(40)34-24-26-36(44-34)35-25-23-33(43-35)31(39)21-16-13-11-9-7-6-8-10-12-14-18-29-27-28(2)42-37(29)41/h27-28,30-36,38-40H,3-26H2,1-2H3/t28-,30+,31-,32+,33+,34+,35+,36-/m1/s1. The van der Waals surface area contributed by atoms with E-state index in [-0.39, 0.29) is 42.6 Å². The third-order valence-corrected chi connectivity index (χ3v) is 10.1. The Morgan fingerprint density at radius 1 is 0.659 bits per heavy atom. The summed E-state index contributed by atoms with van der Waals surface area (Å²) in [6, 6.07) is 0. The maximum Gasteiger partial charge on any atom is 0.334 e. The Morgan fingerprint density at radius 3 is 1.68 bits per heavy atom. The van der Waals surface area contributed by atoms with E-state index in [1.165, 1.54) is 64.2 Å². The quantitative estimate of drug-likeness (QED) is 0.0703. The van der Waals surface area contributed by atoms with Gasteiger partial charge >= 0.3 is 5.97 Å². The molecular formula is C37H66O7. The van der Waals surface area contributed by atoms with E-state index in [1.807, 2.05) is 13.0 Å². The molecule has 2 fully saturated rings. The number of ether oxygens (including phenoxy) is 3. The fourth-order valence-electron chi connectivity index (χ4n) is 7.28. The van der Waals surface area contributed by atoms with Crippen LogP contribution in [0.25, 0.3) is 0 Å². The van der Waals surface area contributed by atoms with E-state index in [0.29, 0.717) is 6.42 Å². The van der Waals surface area contributed by atoms with Crippen LogP contribution in [-0.2, 0) is 19.0 Å². The molecule has 3 heterocycles. The molecule has 7 heteroatoms. The van der Waals surface area contributed by atoms with Crippen molar-refractivity contribution >= 4 is 5.97 Å². The van der Waals surface area contributed by atoms with E-state index in [9.17, 15) is 20.1 Å². The van der Waals surface area contributed by atoms with Gasteiger partial charge in [-0.15, -0.1) is 0 Å². The van der Waals surface area contributed by atoms with Crippen molar-refractivity contribution in [3.05, 3.63) is 11.6 Å². The molecule has 8 atom stereocenters. The summed E-state index contributed by atoms with van der Waals surface area (Å²) in [5.74, 6) is -0.123. The third-order valence-electron chi connectivity index (χ3n) is 10.1. The number of carbonyl (C=O) groups excluding carboxylic acids is 1. The molecule has 0 radical (unpaired) electrons. The van der Waals surface area contributed by atoms with Crippen LogP contribution in [0.15, 0.2) is 11.6 Å². The summed E-state index contributed by atoms with van der Waals surface area (Å²) < 4.78 is 17.7. The van der Waals surface area contributed by atoms with Gasteiger partial charge in [-0.25, -0.2) is 4.79 Å². The second-order valence-corrected chi connectivity index (χ2v) is 14.0. The molecule has 0 aromatic heterocycles. The van der Waals surface area contributed by atoms with Gasteiger partial charge in [-0.3, -0.25) is 0 Å². The lowest BCUT2D eigenvalue weighted by Gasteiger charge is -2.24. The zero-order chi connectivity index (χ0) is 31.6. The zero-order valence-electron chi connectivity index (χ0n) is 28.1. The molecule has 3 aliphatic rings. The summed E-state index contributed by atoms with van der Waals surface area (Å²) in [4.78, 5) is 11.6. The maximum absolute atomic E-state index is 11.6. The third kappa shape index (κ3) is 14.2. The number of aliphatic hydroxyl groups is 3. The van der Waals surface area contributed by atoms with E-state index >= 15 is 0 Å². The Kier molecular flexibility index (Phi) is 18.5. The first-order chi connectivity index (χ1) is 21.4. The van der Waals surface area contributed by atoms with E-state index < -0.39 is 12.2 Å². The van der Waals surface area contributed by atoms with Crippen LogP contribution in [-0.4, -0.2) is 70.1 Å². The molecule has 0 aromatic carbocycles. The fourth-order valence-corrected chi connectivity index (χ4v) is 7.28. The Hall–Kier alpha value is -0.990. The van der Waals surface area contributed by atoms with Gasteiger partial charge < -0.3 is 29.5 Å². The molecule has 3 N–H and O–H groups in total. The number of rotatable bonds is 25. The van der Waals surface area contributed by atoms with Crippen molar-refractivity contribution < 1.29 is 34.3 Å². The number of carbonyl (C=O) groups is 1. The number of hydrogen-bond acceptors (Lipinski definition) is 7. The van der Waals surface area contributed by atoms with Crippen LogP contribution < -0.4 is 0 Å². The summed E-state index contributed by atoms with van der Waals surface area (Å²) in [7, 11) is 0. The predicted octanol–water partition coefficient (Wildman–Crippen LogP) is 7.86. The van der Waals surface area contributed by atoms with Gasteiger partial charge in [0.15, 0.2) is 0 Å². The van der Waals surface area contributed by atoms with Gasteiger partial charge in [0.05, 0.1) is 42.7 Å². The first-order valence-corrected chi connectivity index (χ1v) is 18.6. The lowest BCUT2D eigenvalue weighted by molar-refractivity contribution is -0.139. The lowest BCUT2D eigenvalue weighted by atomic mass is 9.99. The minimum Gasteiger partial charge on any atom is -0.455 e. The summed E-state index contributed by atoms with van der Waals surface area (Å²) >= 11 is 0. The monoisotopic (exact) mass is 622 g/mol. The van der Waals surface area contributed by atoms with Gasteiger partial charge in [0.25, 0.3) is 0 Å². The molecule has 3 aliphatic heterocycles. The first-order valence-electron chi connectivity index (χ1n) is 18.6. The minimum absolute atomic E-state index is 0.0170. The van der Waals surface area contributed by atoms with Crippen LogP contribution >= 0.6 is 0 Å². The van der Waals surface area contributed by atoms with Gasteiger partial charge in [-0.05, 0) is 83.6 Å². The van der Waals surface area contributed by atoms with E-state index in [4.69, 9.17) is 14.2 Å². The van der Waals surface area contributed by atoms with E-state index in [2.05, 4.69) is 6.92 Å². The van der Waals surface area contributed by atoms with Crippen molar-refractivity contribution in [1.29, 1.82) is 0 Å². The van der Waals surface area contributed by atoms with Gasteiger partial charge in [-0.1, -0.05) is 90.4 Å². The molecule has 0 aliphatic carbocycles. The highest BCUT2D eigenvalue weighted by atomic mass is 16.6. The second kappa shape index (κ2) is 21.7. The number of cyclic esters (lactones) is 1. The van der Waals surface area contributed by atoms with E-state index in [0.717, 1.165) is 89.0 Å². The Bertz CT molecular complexity index is 801. The van der Waals surface area contributed by atoms with Gasteiger partial charge in [0.1, 0.15) is 6.10 Å². The highest BCUT2D eigenvalue weighted by molar-refractivity contribution is 5.90. The van der Waals surface area contributed by atoms with Crippen molar-refractivity contribution in [2.24, 2.45) is 0 Å². The van der Waals surface area contributed by atoms with Gasteiger partial charge in [0.2, 0.25) is 0 Å². The van der Waals surface area contributed by atoms with Crippen molar-refractivity contribution in [2.75, 3.05) is 0 Å².